The monoisotopic (exact) mass is 304 g/mol. The molecule has 0 radical (unpaired) electrons. The van der Waals surface area contributed by atoms with Crippen LogP contribution in [0.1, 0.15) is 10.4 Å². The van der Waals surface area contributed by atoms with Crippen LogP contribution in [0.15, 0.2) is 49.1 Å². The van der Waals surface area contributed by atoms with Crippen LogP contribution >= 0.6 is 0 Å². The fourth-order valence-corrected chi connectivity index (χ4v) is 2.58. The number of methoxy groups -OCH3 is 1. The molecule has 0 bridgehead atoms. The van der Waals surface area contributed by atoms with Crippen molar-refractivity contribution in [3.05, 3.63) is 54.6 Å². The summed E-state index contributed by atoms with van der Waals surface area (Å²) in [6.45, 7) is 0. The molecule has 4 heterocycles. The number of hydrogen-bond donors (Lipinski definition) is 1. The summed E-state index contributed by atoms with van der Waals surface area (Å²) >= 11 is 0. The van der Waals surface area contributed by atoms with Gasteiger partial charge in [0.1, 0.15) is 5.65 Å². The smallest absolute Gasteiger partial charge is 0.339 e. The number of aromatic nitrogens is 4. The second kappa shape index (κ2) is 5.17. The summed E-state index contributed by atoms with van der Waals surface area (Å²) in [4.78, 5) is 27.8. The predicted molar refractivity (Wildman–Crippen MR) is 86.0 cm³/mol. The zero-order chi connectivity index (χ0) is 15.8. The van der Waals surface area contributed by atoms with Gasteiger partial charge in [-0.05, 0) is 24.3 Å². The molecule has 0 aliphatic heterocycles. The summed E-state index contributed by atoms with van der Waals surface area (Å²) in [5.41, 5.74) is 3.73. The number of fused-ring (bicyclic) bond motifs is 3. The summed E-state index contributed by atoms with van der Waals surface area (Å²) < 4.78 is 4.76. The van der Waals surface area contributed by atoms with Crippen LogP contribution in [0.2, 0.25) is 0 Å². The lowest BCUT2D eigenvalue weighted by molar-refractivity contribution is 0.0600. The highest BCUT2D eigenvalue weighted by Gasteiger charge is 2.12. The van der Waals surface area contributed by atoms with E-state index in [0.29, 0.717) is 11.2 Å². The maximum atomic E-state index is 11.7. The Morgan fingerprint density at radius 2 is 2.04 bits per heavy atom. The van der Waals surface area contributed by atoms with Gasteiger partial charge < -0.3 is 9.72 Å². The maximum Gasteiger partial charge on any atom is 0.339 e. The Balaban J connectivity index is 1.95. The van der Waals surface area contributed by atoms with Crippen molar-refractivity contribution in [3.63, 3.8) is 0 Å². The number of nitrogens with one attached hydrogen (secondary N) is 1. The van der Waals surface area contributed by atoms with E-state index in [1.807, 2.05) is 18.2 Å². The molecular weight excluding hydrogens is 292 g/mol. The molecule has 0 aromatic carbocycles. The Hall–Kier alpha value is -3.28. The minimum absolute atomic E-state index is 0.407. The normalized spacial score (nSPS) is 11.0. The van der Waals surface area contributed by atoms with Gasteiger partial charge in [0.05, 0.1) is 30.1 Å². The first-order chi connectivity index (χ1) is 11.3. The van der Waals surface area contributed by atoms with Crippen molar-refractivity contribution in [3.8, 4) is 11.3 Å². The first kappa shape index (κ1) is 13.4. The molecule has 1 N–H and O–H groups in total. The van der Waals surface area contributed by atoms with Crippen LogP contribution in [-0.4, -0.2) is 33.0 Å². The number of hydrogen-bond acceptors (Lipinski definition) is 5. The summed E-state index contributed by atoms with van der Waals surface area (Å²) in [6, 6.07) is 7.56. The van der Waals surface area contributed by atoms with Crippen molar-refractivity contribution in [2.24, 2.45) is 0 Å². The number of rotatable bonds is 2. The van der Waals surface area contributed by atoms with Crippen LogP contribution in [0.3, 0.4) is 0 Å². The number of carbonyl (C=O) groups is 1. The molecule has 0 fully saturated rings. The molecule has 112 valence electrons. The number of esters is 1. The van der Waals surface area contributed by atoms with Gasteiger partial charge in [0.15, 0.2) is 0 Å². The van der Waals surface area contributed by atoms with E-state index in [1.54, 1.807) is 24.7 Å². The summed E-state index contributed by atoms with van der Waals surface area (Å²) in [5, 5.41) is 1.81. The molecule has 0 aliphatic rings. The second-order valence-electron chi connectivity index (χ2n) is 5.09. The molecule has 0 amide bonds. The fraction of sp³-hybridized carbons (Fsp3) is 0.0588. The molecular formula is C17H12N4O2. The quantitative estimate of drug-likeness (QED) is 0.576. The highest BCUT2D eigenvalue weighted by atomic mass is 16.5. The summed E-state index contributed by atoms with van der Waals surface area (Å²) in [7, 11) is 1.35. The van der Waals surface area contributed by atoms with Gasteiger partial charge in [-0.2, -0.15) is 0 Å². The third kappa shape index (κ3) is 2.20. The van der Waals surface area contributed by atoms with E-state index in [4.69, 9.17) is 4.74 Å². The first-order valence-corrected chi connectivity index (χ1v) is 7.02. The van der Waals surface area contributed by atoms with Crippen LogP contribution in [0.5, 0.6) is 0 Å². The average molecular weight is 304 g/mol. The molecule has 4 aromatic heterocycles. The fourth-order valence-electron chi connectivity index (χ4n) is 2.58. The Morgan fingerprint density at radius 3 is 2.83 bits per heavy atom. The minimum Gasteiger partial charge on any atom is -0.465 e. The topological polar surface area (TPSA) is 80.8 Å². The number of carbonyl (C=O) groups excluding carboxylic acids is 1. The van der Waals surface area contributed by atoms with Crippen molar-refractivity contribution < 1.29 is 9.53 Å². The molecule has 0 atom stereocenters. The Bertz CT molecular complexity index is 1020. The van der Waals surface area contributed by atoms with E-state index in [9.17, 15) is 4.79 Å². The van der Waals surface area contributed by atoms with Crippen molar-refractivity contribution in [1.29, 1.82) is 0 Å². The Morgan fingerprint density at radius 1 is 1.13 bits per heavy atom. The highest BCUT2D eigenvalue weighted by molar-refractivity contribution is 6.08. The second-order valence-corrected chi connectivity index (χ2v) is 5.09. The van der Waals surface area contributed by atoms with Crippen LogP contribution in [-0.2, 0) is 4.74 Å². The third-order valence-electron chi connectivity index (χ3n) is 3.71. The predicted octanol–water partition coefficient (Wildman–Crippen LogP) is 2.96. The van der Waals surface area contributed by atoms with Gasteiger partial charge >= 0.3 is 5.97 Å². The lowest BCUT2D eigenvalue weighted by Crippen LogP contribution is -2.01. The number of ether oxygens (including phenoxy) is 1. The number of aromatic amines is 1. The van der Waals surface area contributed by atoms with E-state index in [1.165, 1.54) is 13.3 Å². The molecule has 0 saturated carbocycles. The maximum absolute atomic E-state index is 11.7. The zero-order valence-electron chi connectivity index (χ0n) is 12.3. The van der Waals surface area contributed by atoms with E-state index in [2.05, 4.69) is 19.9 Å². The third-order valence-corrected chi connectivity index (χ3v) is 3.71. The van der Waals surface area contributed by atoms with Crippen molar-refractivity contribution in [2.45, 2.75) is 0 Å². The van der Waals surface area contributed by atoms with Gasteiger partial charge in [0.2, 0.25) is 0 Å². The lowest BCUT2D eigenvalue weighted by Gasteiger charge is -2.01. The average Bonchev–Trinajstić information content (AvgIpc) is 2.98. The van der Waals surface area contributed by atoms with Gasteiger partial charge in [-0.1, -0.05) is 0 Å². The summed E-state index contributed by atoms with van der Waals surface area (Å²) in [6.07, 6.45) is 6.75. The molecule has 6 nitrogen and oxygen atoms in total. The Labute approximate surface area is 131 Å². The standard InChI is InChI=1S/C17H12N4O2/c1-23-17(22)11-5-13-12-6-14(10-3-2-4-18-7-10)19-9-15(12)21-16(13)20-8-11/h2-9H,1H3,(H,20,21). The lowest BCUT2D eigenvalue weighted by atomic mass is 10.1. The SMILES string of the molecule is COC(=O)c1cnc2[nH]c3cnc(-c4cccnc4)cc3c2c1. The van der Waals surface area contributed by atoms with Crippen LogP contribution in [0, 0.1) is 0 Å². The molecule has 6 heteroatoms. The summed E-state index contributed by atoms with van der Waals surface area (Å²) in [5.74, 6) is -0.407. The van der Waals surface area contributed by atoms with E-state index < -0.39 is 5.97 Å². The minimum atomic E-state index is -0.407. The van der Waals surface area contributed by atoms with Crippen molar-refractivity contribution >= 4 is 27.9 Å². The van der Waals surface area contributed by atoms with Crippen LogP contribution in [0.25, 0.3) is 33.2 Å². The van der Waals surface area contributed by atoms with E-state index in [0.717, 1.165) is 27.5 Å². The number of pyridine rings is 3. The highest BCUT2D eigenvalue weighted by Crippen LogP contribution is 2.28. The molecule has 0 unspecified atom stereocenters. The molecule has 0 spiro atoms. The molecule has 23 heavy (non-hydrogen) atoms. The number of nitrogens with zero attached hydrogens (tertiary/aromatic N) is 3. The van der Waals surface area contributed by atoms with Gasteiger partial charge in [-0.3, -0.25) is 9.97 Å². The largest absolute Gasteiger partial charge is 0.465 e. The molecule has 4 rings (SSSR count). The van der Waals surface area contributed by atoms with E-state index >= 15 is 0 Å². The number of H-pyrrole nitrogens is 1. The van der Waals surface area contributed by atoms with Crippen molar-refractivity contribution in [1.82, 2.24) is 19.9 Å². The van der Waals surface area contributed by atoms with Gasteiger partial charge in [-0.25, -0.2) is 9.78 Å². The molecule has 4 aromatic rings. The van der Waals surface area contributed by atoms with E-state index in [-0.39, 0.29) is 0 Å². The van der Waals surface area contributed by atoms with Gasteiger partial charge in [-0.15, -0.1) is 0 Å². The molecule has 0 saturated heterocycles. The molecule has 0 aliphatic carbocycles. The first-order valence-electron chi connectivity index (χ1n) is 7.02. The van der Waals surface area contributed by atoms with Crippen molar-refractivity contribution in [2.75, 3.05) is 7.11 Å². The van der Waals surface area contributed by atoms with Gasteiger partial charge in [0, 0.05) is 34.9 Å². The Kier molecular flexibility index (Phi) is 3.01. The van der Waals surface area contributed by atoms with Crippen LogP contribution < -0.4 is 0 Å². The van der Waals surface area contributed by atoms with Gasteiger partial charge in [0.25, 0.3) is 0 Å². The van der Waals surface area contributed by atoms with Crippen LogP contribution in [0.4, 0.5) is 0 Å². The zero-order valence-corrected chi connectivity index (χ0v) is 12.3.